The molecule has 3 aromatic heterocycles. The van der Waals surface area contributed by atoms with Crippen LogP contribution >= 0.6 is 11.3 Å². The maximum absolute atomic E-state index is 13.6. The Kier molecular flexibility index (Phi) is 7.45. The molecule has 38 heavy (non-hydrogen) atoms. The molecule has 0 radical (unpaired) electrons. The van der Waals surface area contributed by atoms with Crippen LogP contribution in [0, 0.1) is 0 Å². The number of fused-ring (bicyclic) bond motifs is 1. The van der Waals surface area contributed by atoms with Gasteiger partial charge in [-0.1, -0.05) is 18.3 Å². The first kappa shape index (κ1) is 25.8. The van der Waals surface area contributed by atoms with Crippen LogP contribution in [0.25, 0.3) is 10.3 Å². The lowest BCUT2D eigenvalue weighted by Gasteiger charge is -2.40. The second-order valence-corrected chi connectivity index (χ2v) is 11.8. The van der Waals surface area contributed by atoms with E-state index in [1.807, 2.05) is 17.1 Å². The number of ether oxygens (including phenoxy) is 1. The first-order valence-corrected chi connectivity index (χ1v) is 14.7. The molecule has 12 heteroatoms. The standard InChI is InChI=1S/C26H36F2N8OS/c1-2-21-32-22-23(30-17-3-5-19(6-4-17)35-11-9-26(27,28)10-12-35)33-25(34-24(22)38-21)31-18-15-29-36(16-18)20-7-13-37-14-8-20/h15-17,19-20H,2-14H2,1H3,(H2,30,31,33,34). The van der Waals surface area contributed by atoms with E-state index in [1.165, 1.54) is 0 Å². The highest BCUT2D eigenvalue weighted by molar-refractivity contribution is 7.18. The summed E-state index contributed by atoms with van der Waals surface area (Å²) in [6.45, 7) is 4.63. The van der Waals surface area contributed by atoms with Gasteiger partial charge in [-0.2, -0.15) is 15.1 Å². The van der Waals surface area contributed by atoms with Gasteiger partial charge in [-0.15, -0.1) is 0 Å². The number of aryl methyl sites for hydroxylation is 1. The predicted octanol–water partition coefficient (Wildman–Crippen LogP) is 5.39. The summed E-state index contributed by atoms with van der Waals surface area (Å²) in [5, 5.41) is 12.6. The van der Waals surface area contributed by atoms with E-state index in [4.69, 9.17) is 19.7 Å². The number of alkyl halides is 2. The number of hydrogen-bond acceptors (Lipinski definition) is 9. The van der Waals surface area contributed by atoms with Crippen LogP contribution in [0.15, 0.2) is 12.4 Å². The van der Waals surface area contributed by atoms with Crippen molar-refractivity contribution in [3.05, 3.63) is 17.4 Å². The number of nitrogens with one attached hydrogen (secondary N) is 2. The van der Waals surface area contributed by atoms with E-state index in [0.717, 1.165) is 85.0 Å². The molecule has 1 saturated carbocycles. The summed E-state index contributed by atoms with van der Waals surface area (Å²) in [4.78, 5) is 17.6. The highest BCUT2D eigenvalue weighted by Crippen LogP contribution is 2.34. The Labute approximate surface area is 225 Å². The molecule has 3 aromatic rings. The number of thiazole rings is 1. The summed E-state index contributed by atoms with van der Waals surface area (Å²) in [6.07, 6.45) is 10.5. The minimum Gasteiger partial charge on any atom is -0.381 e. The first-order chi connectivity index (χ1) is 18.5. The van der Waals surface area contributed by atoms with Gasteiger partial charge in [0.1, 0.15) is 5.52 Å². The van der Waals surface area contributed by atoms with Crippen molar-refractivity contribution in [2.24, 2.45) is 0 Å². The lowest BCUT2D eigenvalue weighted by atomic mass is 9.89. The van der Waals surface area contributed by atoms with Crippen molar-refractivity contribution in [3.63, 3.8) is 0 Å². The lowest BCUT2D eigenvalue weighted by molar-refractivity contribution is -0.0657. The van der Waals surface area contributed by atoms with Crippen molar-refractivity contribution in [2.45, 2.75) is 88.8 Å². The van der Waals surface area contributed by atoms with Crippen molar-refractivity contribution < 1.29 is 13.5 Å². The molecule has 2 aliphatic heterocycles. The van der Waals surface area contributed by atoms with Gasteiger partial charge in [0.15, 0.2) is 10.6 Å². The van der Waals surface area contributed by atoms with Crippen LogP contribution in [0.3, 0.4) is 0 Å². The molecule has 6 rings (SSSR count). The summed E-state index contributed by atoms with van der Waals surface area (Å²) in [5.41, 5.74) is 1.67. The average molecular weight is 547 g/mol. The molecule has 0 amide bonds. The van der Waals surface area contributed by atoms with Gasteiger partial charge < -0.3 is 15.4 Å². The molecule has 0 unspecified atom stereocenters. The predicted molar refractivity (Wildman–Crippen MR) is 145 cm³/mol. The minimum absolute atomic E-state index is 0.0164. The lowest BCUT2D eigenvalue weighted by Crippen LogP contribution is -2.47. The first-order valence-electron chi connectivity index (χ1n) is 13.9. The molecular formula is C26H36F2N8OS. The Morgan fingerprint density at radius 2 is 1.79 bits per heavy atom. The number of aromatic nitrogens is 5. The van der Waals surface area contributed by atoms with Crippen LogP contribution in [0.5, 0.6) is 0 Å². The van der Waals surface area contributed by atoms with Crippen molar-refractivity contribution in [2.75, 3.05) is 36.9 Å². The fourth-order valence-corrected chi connectivity index (χ4v) is 6.72. The molecule has 206 valence electrons. The summed E-state index contributed by atoms with van der Waals surface area (Å²) >= 11 is 1.60. The van der Waals surface area contributed by atoms with Gasteiger partial charge in [0.2, 0.25) is 5.95 Å². The summed E-state index contributed by atoms with van der Waals surface area (Å²) in [5.74, 6) is -1.21. The molecule has 2 saturated heterocycles. The normalized spacial score (nSPS) is 25.0. The van der Waals surface area contributed by atoms with Crippen LogP contribution in [0.1, 0.15) is 69.3 Å². The number of halogens is 2. The van der Waals surface area contributed by atoms with E-state index in [0.29, 0.717) is 31.1 Å². The molecule has 9 nitrogen and oxygen atoms in total. The number of anilines is 3. The zero-order valence-corrected chi connectivity index (χ0v) is 22.7. The third-order valence-electron chi connectivity index (χ3n) is 8.11. The van der Waals surface area contributed by atoms with Gasteiger partial charge in [0.25, 0.3) is 5.92 Å². The van der Waals surface area contributed by atoms with Crippen molar-refractivity contribution in [1.29, 1.82) is 0 Å². The molecule has 0 spiro atoms. The molecule has 3 fully saturated rings. The Balaban J connectivity index is 1.14. The molecule has 0 bridgehead atoms. The van der Waals surface area contributed by atoms with E-state index >= 15 is 0 Å². The molecule has 0 aromatic carbocycles. The SMILES string of the molecule is CCc1nc2c(NC3CCC(N4CCC(F)(F)CC4)CC3)nc(Nc3cnn(C4CCOCC4)c3)nc2s1. The topological polar surface area (TPSA) is 93.0 Å². The third kappa shape index (κ3) is 5.76. The van der Waals surface area contributed by atoms with Crippen molar-refractivity contribution in [3.8, 4) is 0 Å². The van der Waals surface area contributed by atoms with Crippen LogP contribution < -0.4 is 10.6 Å². The highest BCUT2D eigenvalue weighted by atomic mass is 32.1. The van der Waals surface area contributed by atoms with Gasteiger partial charge in [-0.25, -0.2) is 13.8 Å². The van der Waals surface area contributed by atoms with Gasteiger partial charge in [0, 0.05) is 57.4 Å². The molecular weight excluding hydrogens is 510 g/mol. The van der Waals surface area contributed by atoms with Gasteiger partial charge in [-0.05, 0) is 44.9 Å². The molecule has 1 aliphatic carbocycles. The van der Waals surface area contributed by atoms with E-state index in [-0.39, 0.29) is 18.9 Å². The fraction of sp³-hybridized carbons (Fsp3) is 0.692. The number of piperidine rings is 1. The second-order valence-electron chi connectivity index (χ2n) is 10.7. The average Bonchev–Trinajstić information content (AvgIpc) is 3.57. The fourth-order valence-electron chi connectivity index (χ4n) is 5.85. The molecule has 0 atom stereocenters. The Morgan fingerprint density at radius 1 is 1.03 bits per heavy atom. The molecule has 5 heterocycles. The van der Waals surface area contributed by atoms with Gasteiger partial charge in [-0.3, -0.25) is 9.58 Å². The maximum Gasteiger partial charge on any atom is 0.250 e. The van der Waals surface area contributed by atoms with Gasteiger partial charge >= 0.3 is 0 Å². The maximum atomic E-state index is 13.6. The Hall–Kier alpha value is -2.44. The van der Waals surface area contributed by atoms with Crippen LogP contribution in [0.2, 0.25) is 0 Å². The van der Waals surface area contributed by atoms with Crippen LogP contribution in [0.4, 0.5) is 26.2 Å². The van der Waals surface area contributed by atoms with Gasteiger partial charge in [0.05, 0.1) is 22.9 Å². The zero-order valence-electron chi connectivity index (χ0n) is 21.8. The van der Waals surface area contributed by atoms with Crippen molar-refractivity contribution in [1.82, 2.24) is 29.6 Å². The highest BCUT2D eigenvalue weighted by Gasteiger charge is 2.37. The smallest absolute Gasteiger partial charge is 0.250 e. The van der Waals surface area contributed by atoms with E-state index in [2.05, 4.69) is 27.6 Å². The quantitative estimate of drug-likeness (QED) is 0.407. The largest absolute Gasteiger partial charge is 0.381 e. The Morgan fingerprint density at radius 3 is 2.53 bits per heavy atom. The van der Waals surface area contributed by atoms with E-state index < -0.39 is 5.92 Å². The number of hydrogen-bond donors (Lipinski definition) is 2. The zero-order chi connectivity index (χ0) is 26.1. The Bertz CT molecular complexity index is 1230. The summed E-state index contributed by atoms with van der Waals surface area (Å²) < 4.78 is 34.7. The van der Waals surface area contributed by atoms with Crippen LogP contribution in [-0.4, -0.2) is 73.9 Å². The van der Waals surface area contributed by atoms with Crippen LogP contribution in [-0.2, 0) is 11.2 Å². The number of nitrogens with zero attached hydrogens (tertiary/aromatic N) is 6. The number of likely N-dealkylation sites (tertiary alicyclic amines) is 1. The molecule has 2 N–H and O–H groups in total. The third-order valence-corrected chi connectivity index (χ3v) is 9.21. The second kappa shape index (κ2) is 11.0. The minimum atomic E-state index is -2.49. The number of rotatable bonds is 7. The monoisotopic (exact) mass is 546 g/mol. The van der Waals surface area contributed by atoms with E-state index in [9.17, 15) is 8.78 Å². The summed E-state index contributed by atoms with van der Waals surface area (Å²) in [7, 11) is 0. The molecule has 3 aliphatic rings. The van der Waals surface area contributed by atoms with Crippen molar-refractivity contribution >= 4 is 39.1 Å². The van der Waals surface area contributed by atoms with E-state index in [1.54, 1.807) is 11.3 Å². The summed E-state index contributed by atoms with van der Waals surface area (Å²) in [6, 6.07) is 1.02.